The van der Waals surface area contributed by atoms with Crippen LogP contribution in [0.15, 0.2) is 54.6 Å². The van der Waals surface area contributed by atoms with Crippen molar-refractivity contribution in [1.82, 2.24) is 5.32 Å². The summed E-state index contributed by atoms with van der Waals surface area (Å²) in [7, 11) is 0. The molecule has 1 atom stereocenters. The van der Waals surface area contributed by atoms with Crippen LogP contribution >= 0.6 is 0 Å². The van der Waals surface area contributed by atoms with E-state index in [0.29, 0.717) is 6.54 Å². The molecule has 4 nitrogen and oxygen atoms in total. The van der Waals surface area contributed by atoms with Gasteiger partial charge in [-0.15, -0.1) is 0 Å². The second-order valence-corrected chi connectivity index (χ2v) is 9.21. The van der Waals surface area contributed by atoms with Gasteiger partial charge >= 0.3 is 0 Å². The van der Waals surface area contributed by atoms with Crippen molar-refractivity contribution in [3.8, 4) is 5.75 Å². The van der Waals surface area contributed by atoms with Gasteiger partial charge in [0, 0.05) is 11.1 Å². The SMILES string of the molecule is CCCCCCCOc1ccc(/C=C/[C@@]23NC(=O)CN2c2ccccc2C3(C)C)cc1. The highest BCUT2D eigenvalue weighted by atomic mass is 16.5. The first-order valence-corrected chi connectivity index (χ1v) is 11.6. The molecular formula is C27H34N2O2. The van der Waals surface area contributed by atoms with Crippen LogP contribution in [0.3, 0.4) is 0 Å². The Morgan fingerprint density at radius 3 is 2.55 bits per heavy atom. The molecule has 2 heterocycles. The Hall–Kier alpha value is -2.75. The molecule has 4 heteroatoms. The molecule has 4 rings (SSSR count). The van der Waals surface area contributed by atoms with Gasteiger partial charge in [-0.2, -0.15) is 0 Å². The molecule has 0 saturated carbocycles. The molecule has 2 aromatic carbocycles. The predicted molar refractivity (Wildman–Crippen MR) is 127 cm³/mol. The lowest BCUT2D eigenvalue weighted by Crippen LogP contribution is -2.58. The van der Waals surface area contributed by atoms with Crippen LogP contribution < -0.4 is 15.0 Å². The zero-order chi connectivity index (χ0) is 21.9. The number of para-hydroxylation sites is 1. The number of ether oxygens (including phenoxy) is 1. The molecule has 0 spiro atoms. The Morgan fingerprint density at radius 1 is 1.03 bits per heavy atom. The standard InChI is InChI=1S/C27H34N2O2/c1-4-5-6-7-10-19-31-22-15-13-21(14-16-22)17-18-27-26(2,3)23-11-8-9-12-24(23)29(27)20-25(30)28-27/h8-9,11-18H,4-7,10,19-20H2,1-3H3,(H,28,30)/b18-17+/t27-/m1/s1. The number of rotatable bonds is 9. The Kier molecular flexibility index (Phi) is 6.08. The van der Waals surface area contributed by atoms with E-state index in [1.165, 1.54) is 31.2 Å². The van der Waals surface area contributed by atoms with Gasteiger partial charge in [0.2, 0.25) is 5.91 Å². The molecular weight excluding hydrogens is 384 g/mol. The molecule has 1 N–H and O–H groups in total. The number of anilines is 1. The van der Waals surface area contributed by atoms with E-state index in [2.05, 4.69) is 73.5 Å². The molecule has 0 aliphatic carbocycles. The predicted octanol–water partition coefficient (Wildman–Crippen LogP) is 5.67. The minimum atomic E-state index is -0.554. The first-order chi connectivity index (χ1) is 15.0. The molecule has 2 aliphatic rings. The van der Waals surface area contributed by atoms with Gasteiger partial charge < -0.3 is 15.0 Å². The number of amides is 1. The van der Waals surface area contributed by atoms with Gasteiger partial charge in [0.1, 0.15) is 11.4 Å². The fourth-order valence-electron chi connectivity index (χ4n) is 4.93. The van der Waals surface area contributed by atoms with Crippen molar-refractivity contribution in [3.63, 3.8) is 0 Å². The second-order valence-electron chi connectivity index (χ2n) is 9.21. The molecule has 0 aromatic heterocycles. The largest absolute Gasteiger partial charge is 0.494 e. The third-order valence-electron chi connectivity index (χ3n) is 6.79. The summed E-state index contributed by atoms with van der Waals surface area (Å²) in [5, 5.41) is 3.27. The Balaban J connectivity index is 1.46. The van der Waals surface area contributed by atoms with Crippen LogP contribution in [0.2, 0.25) is 0 Å². The first-order valence-electron chi connectivity index (χ1n) is 11.6. The fourth-order valence-corrected chi connectivity index (χ4v) is 4.93. The lowest BCUT2D eigenvalue weighted by atomic mass is 9.75. The quantitative estimate of drug-likeness (QED) is 0.533. The highest BCUT2D eigenvalue weighted by molar-refractivity contribution is 5.91. The number of unbranched alkanes of at least 4 members (excludes halogenated alkanes) is 4. The van der Waals surface area contributed by atoms with Crippen molar-refractivity contribution >= 4 is 17.7 Å². The summed E-state index contributed by atoms with van der Waals surface area (Å²) in [6.45, 7) is 7.81. The molecule has 0 radical (unpaired) electrons. The highest BCUT2D eigenvalue weighted by Gasteiger charge is 2.59. The van der Waals surface area contributed by atoms with Gasteiger partial charge in [0.25, 0.3) is 0 Å². The van der Waals surface area contributed by atoms with Gasteiger partial charge in [-0.3, -0.25) is 4.79 Å². The van der Waals surface area contributed by atoms with Crippen molar-refractivity contribution in [2.75, 3.05) is 18.1 Å². The fraction of sp³-hybridized carbons (Fsp3) is 0.444. The lowest BCUT2D eigenvalue weighted by Gasteiger charge is -2.40. The Morgan fingerprint density at radius 2 is 1.77 bits per heavy atom. The molecule has 1 fully saturated rings. The van der Waals surface area contributed by atoms with Gasteiger partial charge in [-0.1, -0.05) is 82.9 Å². The normalized spacial score (nSPS) is 21.3. The average molecular weight is 419 g/mol. The minimum absolute atomic E-state index is 0.0647. The number of carbonyl (C=O) groups is 1. The molecule has 2 aromatic rings. The topological polar surface area (TPSA) is 41.6 Å². The van der Waals surface area contributed by atoms with E-state index >= 15 is 0 Å². The summed E-state index contributed by atoms with van der Waals surface area (Å²) in [6.07, 6.45) is 10.5. The number of benzene rings is 2. The number of hydrogen-bond acceptors (Lipinski definition) is 3. The molecule has 164 valence electrons. The van der Waals surface area contributed by atoms with Crippen LogP contribution in [0.1, 0.15) is 64.0 Å². The number of fused-ring (bicyclic) bond motifs is 3. The summed E-state index contributed by atoms with van der Waals surface area (Å²) in [4.78, 5) is 14.6. The lowest BCUT2D eigenvalue weighted by molar-refractivity contribution is -0.118. The van der Waals surface area contributed by atoms with Gasteiger partial charge in [-0.05, 0) is 41.8 Å². The summed E-state index contributed by atoms with van der Waals surface area (Å²) in [5.41, 5.74) is 2.70. The van der Waals surface area contributed by atoms with E-state index < -0.39 is 5.66 Å². The monoisotopic (exact) mass is 418 g/mol. The molecule has 0 unspecified atom stereocenters. The summed E-state index contributed by atoms with van der Waals surface area (Å²) >= 11 is 0. The number of hydrogen-bond donors (Lipinski definition) is 1. The van der Waals surface area contributed by atoms with E-state index in [4.69, 9.17) is 4.74 Å². The van der Waals surface area contributed by atoms with Crippen LogP contribution in [-0.2, 0) is 10.2 Å². The van der Waals surface area contributed by atoms with E-state index in [-0.39, 0.29) is 11.3 Å². The van der Waals surface area contributed by atoms with Crippen molar-refractivity contribution in [2.45, 2.75) is 64.0 Å². The van der Waals surface area contributed by atoms with Crippen molar-refractivity contribution in [3.05, 3.63) is 65.7 Å². The van der Waals surface area contributed by atoms with Gasteiger partial charge in [0.15, 0.2) is 0 Å². The van der Waals surface area contributed by atoms with Crippen molar-refractivity contribution < 1.29 is 9.53 Å². The van der Waals surface area contributed by atoms with Gasteiger partial charge in [-0.25, -0.2) is 0 Å². The smallest absolute Gasteiger partial charge is 0.241 e. The third-order valence-corrected chi connectivity index (χ3v) is 6.79. The number of nitrogens with one attached hydrogen (secondary N) is 1. The molecule has 31 heavy (non-hydrogen) atoms. The molecule has 0 bridgehead atoms. The maximum atomic E-state index is 12.4. The molecule has 1 saturated heterocycles. The second kappa shape index (κ2) is 8.78. The minimum Gasteiger partial charge on any atom is -0.494 e. The third kappa shape index (κ3) is 3.96. The van der Waals surface area contributed by atoms with Crippen molar-refractivity contribution in [2.24, 2.45) is 0 Å². The van der Waals surface area contributed by atoms with Crippen LogP contribution in [0.4, 0.5) is 5.69 Å². The van der Waals surface area contributed by atoms with E-state index in [1.54, 1.807) is 0 Å². The first kappa shape index (κ1) is 21.5. The molecule has 1 amide bonds. The molecule has 2 aliphatic heterocycles. The maximum absolute atomic E-state index is 12.4. The zero-order valence-electron chi connectivity index (χ0n) is 19.0. The maximum Gasteiger partial charge on any atom is 0.241 e. The van der Waals surface area contributed by atoms with Gasteiger partial charge in [0.05, 0.1) is 13.2 Å². The highest BCUT2D eigenvalue weighted by Crippen LogP contribution is 2.52. The van der Waals surface area contributed by atoms with Crippen LogP contribution in [-0.4, -0.2) is 24.7 Å². The summed E-state index contributed by atoms with van der Waals surface area (Å²) < 4.78 is 5.89. The summed E-state index contributed by atoms with van der Waals surface area (Å²) in [5.74, 6) is 0.977. The van der Waals surface area contributed by atoms with E-state index in [1.807, 2.05) is 18.2 Å². The Labute approximate surface area is 186 Å². The summed E-state index contributed by atoms with van der Waals surface area (Å²) in [6, 6.07) is 16.6. The zero-order valence-corrected chi connectivity index (χ0v) is 19.0. The van der Waals surface area contributed by atoms with Crippen molar-refractivity contribution in [1.29, 1.82) is 0 Å². The average Bonchev–Trinajstić information content (AvgIpc) is 3.20. The number of nitrogens with zero attached hydrogens (tertiary/aromatic N) is 1. The Bertz CT molecular complexity index is 948. The van der Waals surface area contributed by atoms with Crippen LogP contribution in [0, 0.1) is 0 Å². The van der Waals surface area contributed by atoms with Crippen LogP contribution in [0.5, 0.6) is 5.75 Å². The van der Waals surface area contributed by atoms with E-state index in [0.717, 1.165) is 30.0 Å². The number of carbonyl (C=O) groups excluding carboxylic acids is 1. The van der Waals surface area contributed by atoms with E-state index in [9.17, 15) is 4.79 Å². The van der Waals surface area contributed by atoms with Crippen LogP contribution in [0.25, 0.3) is 6.08 Å².